The van der Waals surface area contributed by atoms with E-state index in [9.17, 15) is 19.5 Å². The quantitative estimate of drug-likeness (QED) is 0.192. The Bertz CT molecular complexity index is 1720. The molecule has 0 aromatic rings. The summed E-state index contributed by atoms with van der Waals surface area (Å²) in [5.74, 6) is 1.24. The predicted octanol–water partition coefficient (Wildman–Crippen LogP) is 9.78. The number of carboxylic acid groups (broad SMARTS) is 1. The molecule has 324 valence electrons. The zero-order valence-corrected chi connectivity index (χ0v) is 37.8. The molecule has 8 rings (SSSR count). The van der Waals surface area contributed by atoms with Gasteiger partial charge in [-0.2, -0.15) is 0 Å². The highest BCUT2D eigenvalue weighted by atomic mass is 16.5. The average molecular weight is 804 g/mol. The average Bonchev–Trinajstić information content (AvgIpc) is 3.55. The Morgan fingerprint density at radius 2 is 1.41 bits per heavy atom. The molecule has 1 heterocycles. The molecule has 8 aliphatic rings. The molecule has 7 saturated carbocycles. The topological polar surface area (TPSA) is 110 Å². The molecule has 58 heavy (non-hydrogen) atoms. The fourth-order valence-corrected chi connectivity index (χ4v) is 17.0. The van der Waals surface area contributed by atoms with Crippen molar-refractivity contribution in [2.24, 2.45) is 91.2 Å². The molecule has 1 unspecified atom stereocenters. The molecular weight excluding hydrogens is 727 g/mol. The van der Waals surface area contributed by atoms with E-state index < -0.39 is 17.3 Å². The van der Waals surface area contributed by atoms with Gasteiger partial charge in [-0.3, -0.25) is 19.2 Å². The summed E-state index contributed by atoms with van der Waals surface area (Å²) >= 11 is 0. The molecular formula is C50H77NO7. The number of morpholine rings is 1. The number of ketones is 1. The maximum atomic E-state index is 15.1. The molecule has 0 bridgehead atoms. The maximum Gasteiger partial charge on any atom is 0.309 e. The number of nitrogens with zero attached hydrogens (tertiary/aromatic N) is 1. The Morgan fingerprint density at radius 3 is 2.03 bits per heavy atom. The van der Waals surface area contributed by atoms with Crippen LogP contribution in [0.5, 0.6) is 0 Å². The SMILES string of the molecule is C=C(C)[C@@H]1CC[C@]2(C(=O)C[C@H]3C[C@@H](C(=O)N4CCOCC4)C3(C)C)CC[C@]3(C)[C@H](CC[C@@H]4[C@@]5(C)CC[C@H](OC(=O)C6C[C@H](C(=O)O)C6(C)C)C(C)(C)[C@@H]5CC[C@]43C)[C@@H]12. The van der Waals surface area contributed by atoms with Gasteiger partial charge in [0.1, 0.15) is 11.9 Å². The van der Waals surface area contributed by atoms with Gasteiger partial charge in [0.25, 0.3) is 0 Å². The van der Waals surface area contributed by atoms with E-state index in [4.69, 9.17) is 9.47 Å². The number of carbonyl (C=O) groups excluding carboxylic acids is 3. The molecule has 1 aliphatic heterocycles. The van der Waals surface area contributed by atoms with E-state index in [1.807, 2.05) is 18.7 Å². The number of Topliss-reactive ketones (excluding diaryl/α,β-unsaturated/α-hetero) is 1. The first-order valence-electron chi connectivity index (χ1n) is 23.5. The summed E-state index contributed by atoms with van der Waals surface area (Å²) in [5, 5.41) is 9.69. The number of hydrogen-bond donors (Lipinski definition) is 1. The largest absolute Gasteiger partial charge is 0.481 e. The van der Waals surface area contributed by atoms with E-state index >= 15 is 4.79 Å². The van der Waals surface area contributed by atoms with Crippen LogP contribution in [-0.2, 0) is 28.7 Å². The molecule has 0 aromatic heterocycles. The minimum absolute atomic E-state index is 0.0154. The first kappa shape index (κ1) is 42.5. The Kier molecular flexibility index (Phi) is 10.2. The van der Waals surface area contributed by atoms with Gasteiger partial charge in [-0.25, -0.2) is 0 Å². The van der Waals surface area contributed by atoms with Gasteiger partial charge in [0, 0.05) is 36.3 Å². The number of carbonyl (C=O) groups is 4. The van der Waals surface area contributed by atoms with Gasteiger partial charge in [-0.05, 0) is 147 Å². The van der Waals surface area contributed by atoms with E-state index in [1.54, 1.807) is 0 Å². The monoisotopic (exact) mass is 804 g/mol. The zero-order chi connectivity index (χ0) is 42.2. The van der Waals surface area contributed by atoms with Crippen LogP contribution in [0, 0.1) is 91.2 Å². The molecule has 14 atom stereocenters. The van der Waals surface area contributed by atoms with E-state index in [0.717, 1.165) is 64.2 Å². The maximum absolute atomic E-state index is 15.1. The number of fused-ring (bicyclic) bond motifs is 7. The van der Waals surface area contributed by atoms with Crippen LogP contribution in [0.3, 0.4) is 0 Å². The van der Waals surface area contributed by atoms with Gasteiger partial charge in [0.05, 0.1) is 25.0 Å². The third-order valence-corrected chi connectivity index (χ3v) is 21.2. The minimum Gasteiger partial charge on any atom is -0.481 e. The number of hydrogen-bond acceptors (Lipinski definition) is 6. The van der Waals surface area contributed by atoms with E-state index in [-0.39, 0.29) is 68.2 Å². The second kappa shape index (κ2) is 13.9. The summed E-state index contributed by atoms with van der Waals surface area (Å²) in [6.07, 6.45) is 12.2. The highest BCUT2D eigenvalue weighted by Gasteiger charge is 2.72. The molecule has 7 aliphatic carbocycles. The lowest BCUT2D eigenvalue weighted by atomic mass is 9.32. The van der Waals surface area contributed by atoms with Crippen molar-refractivity contribution in [3.8, 4) is 0 Å². The van der Waals surface area contributed by atoms with Crippen LogP contribution < -0.4 is 0 Å². The van der Waals surface area contributed by atoms with Crippen molar-refractivity contribution in [3.63, 3.8) is 0 Å². The summed E-state index contributed by atoms with van der Waals surface area (Å²) in [7, 11) is 0. The molecule has 0 spiro atoms. The van der Waals surface area contributed by atoms with Crippen molar-refractivity contribution < 1.29 is 33.8 Å². The molecule has 8 nitrogen and oxygen atoms in total. The number of amides is 1. The number of allylic oxidation sites excluding steroid dienone is 1. The third-order valence-electron chi connectivity index (χ3n) is 21.2. The molecule has 1 amide bonds. The van der Waals surface area contributed by atoms with Crippen molar-refractivity contribution in [2.75, 3.05) is 26.3 Å². The van der Waals surface area contributed by atoms with Crippen molar-refractivity contribution in [1.29, 1.82) is 0 Å². The van der Waals surface area contributed by atoms with Gasteiger partial charge >= 0.3 is 11.9 Å². The number of aliphatic carboxylic acids is 1. The van der Waals surface area contributed by atoms with Crippen molar-refractivity contribution in [3.05, 3.63) is 12.2 Å². The summed E-state index contributed by atoms with van der Waals surface area (Å²) in [5.41, 5.74) is 0.372. The van der Waals surface area contributed by atoms with Gasteiger partial charge in [-0.1, -0.05) is 74.5 Å². The first-order valence-corrected chi connectivity index (χ1v) is 23.5. The standard InChI is InChI=1S/C50H77NO7/c1-29(2)31-14-19-50(38(52)27-30-26-33(44(30,3)4)41(53)51-22-24-57-25-23-51)21-20-48(10)32(40(31)50)12-13-37-47(9)17-16-39(46(7,8)36(47)15-18-49(37,48)11)58-43(56)35-28-34(42(54)55)45(35,5)6/h30-37,39-40H,1,12-28H2,2-11H3,(H,54,55)/t30-,31+,32-,33+,34-,35?,36+,37-,39+,40-,47+,48-,49-,50-/m1/s1. The normalized spacial score (nSPS) is 47.1. The van der Waals surface area contributed by atoms with Gasteiger partial charge in [0.2, 0.25) is 5.91 Å². The van der Waals surface area contributed by atoms with Gasteiger partial charge in [-0.15, -0.1) is 0 Å². The summed E-state index contributed by atoms with van der Waals surface area (Å²) < 4.78 is 12.0. The van der Waals surface area contributed by atoms with Crippen LogP contribution >= 0.6 is 0 Å². The highest BCUT2D eigenvalue weighted by molar-refractivity contribution is 5.87. The zero-order valence-electron chi connectivity index (χ0n) is 37.8. The van der Waals surface area contributed by atoms with Crippen LogP contribution in [-0.4, -0.2) is 66.0 Å². The van der Waals surface area contributed by atoms with Crippen LogP contribution in [0.25, 0.3) is 0 Å². The van der Waals surface area contributed by atoms with Crippen molar-refractivity contribution >= 4 is 23.6 Å². The lowest BCUT2D eigenvalue weighted by Gasteiger charge is -2.73. The summed E-state index contributed by atoms with van der Waals surface area (Å²) in [4.78, 5) is 56.2. The van der Waals surface area contributed by atoms with Gasteiger partial charge in [0.15, 0.2) is 0 Å². The second-order valence-corrected chi connectivity index (χ2v) is 24.0. The van der Waals surface area contributed by atoms with E-state index in [2.05, 4.69) is 62.0 Å². The lowest BCUT2D eigenvalue weighted by Crippen LogP contribution is -2.67. The van der Waals surface area contributed by atoms with Crippen LogP contribution in [0.1, 0.15) is 153 Å². The Morgan fingerprint density at radius 1 is 0.724 bits per heavy atom. The summed E-state index contributed by atoms with van der Waals surface area (Å²) in [6, 6.07) is 0. The Labute approximate surface area is 349 Å². The Hall–Kier alpha value is -2.22. The van der Waals surface area contributed by atoms with Gasteiger partial charge < -0.3 is 19.5 Å². The highest BCUT2D eigenvalue weighted by Crippen LogP contribution is 2.78. The molecule has 0 aromatic carbocycles. The molecule has 8 heteroatoms. The fourth-order valence-electron chi connectivity index (χ4n) is 17.0. The fraction of sp³-hybridized carbons (Fsp3) is 0.880. The molecule has 8 fully saturated rings. The number of carboxylic acids is 1. The van der Waals surface area contributed by atoms with Crippen LogP contribution in [0.2, 0.25) is 0 Å². The van der Waals surface area contributed by atoms with Crippen molar-refractivity contribution in [2.45, 2.75) is 159 Å². The molecule has 0 radical (unpaired) electrons. The number of rotatable bonds is 8. The number of ether oxygens (including phenoxy) is 2. The number of esters is 1. The third kappa shape index (κ3) is 5.80. The van der Waals surface area contributed by atoms with E-state index in [1.165, 1.54) is 12.0 Å². The first-order chi connectivity index (χ1) is 27.0. The smallest absolute Gasteiger partial charge is 0.309 e. The van der Waals surface area contributed by atoms with Crippen LogP contribution in [0.4, 0.5) is 0 Å². The van der Waals surface area contributed by atoms with Crippen LogP contribution in [0.15, 0.2) is 12.2 Å². The second-order valence-electron chi connectivity index (χ2n) is 24.0. The minimum atomic E-state index is -0.820. The lowest BCUT2D eigenvalue weighted by molar-refractivity contribution is -0.251. The molecule has 1 N–H and O–H groups in total. The van der Waals surface area contributed by atoms with Crippen molar-refractivity contribution in [1.82, 2.24) is 4.90 Å². The Balaban J connectivity index is 1.00. The molecule has 1 saturated heterocycles. The predicted molar refractivity (Wildman–Crippen MR) is 224 cm³/mol. The van der Waals surface area contributed by atoms with E-state index in [0.29, 0.717) is 74.5 Å². The summed E-state index contributed by atoms with van der Waals surface area (Å²) in [6.45, 7) is 30.2.